The Labute approximate surface area is 285 Å². The van der Waals surface area contributed by atoms with Crippen molar-refractivity contribution in [1.82, 2.24) is 4.57 Å². The van der Waals surface area contributed by atoms with Crippen molar-refractivity contribution in [2.75, 3.05) is 4.90 Å². The van der Waals surface area contributed by atoms with E-state index >= 15 is 0 Å². The zero-order valence-corrected chi connectivity index (χ0v) is 28.6. The summed E-state index contributed by atoms with van der Waals surface area (Å²) in [5.74, 6) is 5.03. The van der Waals surface area contributed by atoms with Crippen LogP contribution in [-0.2, 0) is 11.1 Å². The molecule has 5 nitrogen and oxygen atoms in total. The maximum Gasteiger partial charge on any atom is 0.323 e. The van der Waals surface area contributed by atoms with Gasteiger partial charge >= 0.3 is 5.66 Å². The van der Waals surface area contributed by atoms with Crippen molar-refractivity contribution < 1.29 is 13.9 Å². The Balaban J connectivity index is 1.40. The van der Waals surface area contributed by atoms with Gasteiger partial charge in [-0.1, -0.05) is 77.9 Å². The summed E-state index contributed by atoms with van der Waals surface area (Å²) in [6, 6.07) is 37.0. The average molecular weight is 637 g/mol. The van der Waals surface area contributed by atoms with Crippen LogP contribution in [0.1, 0.15) is 86.8 Å². The van der Waals surface area contributed by atoms with E-state index in [0.29, 0.717) is 11.8 Å². The Morgan fingerprint density at radius 1 is 0.633 bits per heavy atom. The van der Waals surface area contributed by atoms with E-state index in [1.54, 1.807) is 0 Å². The predicted octanol–water partition coefficient (Wildman–Crippen LogP) is 9.73. The van der Waals surface area contributed by atoms with Gasteiger partial charge in [0.1, 0.15) is 33.8 Å². The summed E-state index contributed by atoms with van der Waals surface area (Å²) in [5.41, 5.74) is 14.5. The normalized spacial score (nSPS) is 18.7. The fraction of sp³-hybridized carbons (Fsp3) is 0.227. The number of anilines is 3. The lowest BCUT2D eigenvalue weighted by Crippen LogP contribution is -2.76. The fourth-order valence-electron chi connectivity index (χ4n) is 10.2. The number of ether oxygens (including phenoxy) is 1. The summed E-state index contributed by atoms with van der Waals surface area (Å²) in [4.78, 5) is 2.57. The number of hydrogen-bond acceptors (Lipinski definition) is 2. The second-order valence-corrected chi connectivity index (χ2v) is 15.8. The third-order valence-electron chi connectivity index (χ3n) is 12.4. The summed E-state index contributed by atoms with van der Waals surface area (Å²) in [5, 5.41) is 2.54. The molecule has 1 spiro atoms. The number of pyridine rings is 2. The topological polar surface area (TPSA) is 25.2 Å². The molecule has 1 atom stereocenters. The first-order valence-electron chi connectivity index (χ1n) is 17.8. The summed E-state index contributed by atoms with van der Waals surface area (Å²) >= 11 is 0. The molecule has 1 unspecified atom stereocenters. The highest BCUT2D eigenvalue weighted by Gasteiger charge is 2.71. The van der Waals surface area contributed by atoms with Gasteiger partial charge in [0, 0.05) is 39.4 Å². The summed E-state index contributed by atoms with van der Waals surface area (Å²) in [6.45, 7) is 14.1. The lowest BCUT2D eigenvalue weighted by Gasteiger charge is -2.46. The molecule has 49 heavy (non-hydrogen) atoms. The van der Waals surface area contributed by atoms with Crippen molar-refractivity contribution in [3.63, 3.8) is 0 Å². The maximum atomic E-state index is 7.12. The minimum absolute atomic E-state index is 0.207. The van der Waals surface area contributed by atoms with Crippen LogP contribution in [0.15, 0.2) is 97.1 Å². The van der Waals surface area contributed by atoms with Crippen molar-refractivity contribution in [2.24, 2.45) is 0 Å². The van der Waals surface area contributed by atoms with Gasteiger partial charge in [-0.25, -0.2) is 0 Å². The Bertz CT molecular complexity index is 2750. The lowest BCUT2D eigenvalue weighted by atomic mass is 9.70. The Hall–Kier alpha value is -5.42. The monoisotopic (exact) mass is 636 g/mol. The van der Waals surface area contributed by atoms with Crippen LogP contribution >= 0.6 is 0 Å². The van der Waals surface area contributed by atoms with Gasteiger partial charge in [0.25, 0.3) is 11.6 Å². The molecule has 3 aromatic heterocycles. The molecule has 5 aliphatic rings. The van der Waals surface area contributed by atoms with Gasteiger partial charge in [0.05, 0.1) is 0 Å². The van der Waals surface area contributed by atoms with E-state index in [-0.39, 0.29) is 5.41 Å². The number of para-hydroxylation sites is 2. The molecule has 5 heteroatoms. The summed E-state index contributed by atoms with van der Waals surface area (Å²) < 4.78 is 15.0. The molecule has 4 aromatic carbocycles. The molecule has 0 amide bonds. The zero-order valence-electron chi connectivity index (χ0n) is 28.6. The Morgan fingerprint density at radius 2 is 1.29 bits per heavy atom. The van der Waals surface area contributed by atoms with Crippen LogP contribution in [0.3, 0.4) is 0 Å². The van der Waals surface area contributed by atoms with Crippen molar-refractivity contribution in [2.45, 2.75) is 64.5 Å². The van der Waals surface area contributed by atoms with E-state index < -0.39 is 5.66 Å². The van der Waals surface area contributed by atoms with Crippen molar-refractivity contribution >= 4 is 39.0 Å². The minimum atomic E-state index is -0.669. The average Bonchev–Trinajstić information content (AvgIpc) is 3.59. The molecule has 0 fully saturated rings. The standard InChI is InChI=1S/C44H36N4O/c1-23(2)25-19-33-34-20-26(24(3)4)22-38-46-32-14-10-8-12-29(32)43(5,6)30-16-18-36-40(42(30)46)44(48(34)38)39-35(49-36)17-15-28-27-11-7-9-13-31(27)45(41(28)39)37(21-25)47(33)44/h7-24H,1-6H3/q+2. The molecule has 0 radical (unpaired) electrons. The molecule has 8 heterocycles. The van der Waals surface area contributed by atoms with Crippen LogP contribution in [0.25, 0.3) is 39.0 Å². The highest BCUT2D eigenvalue weighted by atomic mass is 16.5. The van der Waals surface area contributed by atoms with E-state index in [0.717, 1.165) is 11.5 Å². The van der Waals surface area contributed by atoms with Crippen LogP contribution < -0.4 is 18.8 Å². The highest BCUT2D eigenvalue weighted by molar-refractivity contribution is 6.12. The van der Waals surface area contributed by atoms with Crippen LogP contribution in [-0.4, -0.2) is 4.57 Å². The summed E-state index contributed by atoms with van der Waals surface area (Å²) in [6.07, 6.45) is 0. The Kier molecular flexibility index (Phi) is 4.36. The third-order valence-corrected chi connectivity index (χ3v) is 12.4. The molecule has 0 saturated heterocycles. The lowest BCUT2D eigenvalue weighted by molar-refractivity contribution is -0.932. The largest absolute Gasteiger partial charge is 0.456 e. The molecule has 0 N–H and O–H groups in total. The number of nitrogens with zero attached hydrogens (tertiary/aromatic N) is 4. The molecular formula is C44H36N4O+2. The highest BCUT2D eigenvalue weighted by Crippen LogP contribution is 2.64. The second kappa shape index (κ2) is 8.06. The molecule has 5 aliphatic heterocycles. The SMILES string of the molecule is CC(C)c1cc2[n+]3c(c1)N1c4ccccc4C(C)(C)c4ccc5c(c41)C31c3c(ccc4c6ccccc6n(c34)-c3cc(C(C)C)cc-2[n+]31)O5. The summed E-state index contributed by atoms with van der Waals surface area (Å²) in [7, 11) is 0. The van der Waals surface area contributed by atoms with Crippen LogP contribution in [0, 0.1) is 0 Å². The molecule has 7 aromatic rings. The van der Waals surface area contributed by atoms with Crippen LogP contribution in [0.2, 0.25) is 0 Å². The van der Waals surface area contributed by atoms with E-state index in [4.69, 9.17) is 4.74 Å². The van der Waals surface area contributed by atoms with E-state index in [9.17, 15) is 0 Å². The van der Waals surface area contributed by atoms with Gasteiger partial charge < -0.3 is 4.74 Å². The minimum Gasteiger partial charge on any atom is -0.456 e. The van der Waals surface area contributed by atoms with Gasteiger partial charge in [-0.15, -0.1) is 0 Å². The molecular weight excluding hydrogens is 601 g/mol. The Morgan fingerprint density at radius 3 is 2.06 bits per heavy atom. The van der Waals surface area contributed by atoms with Crippen molar-refractivity contribution in [1.29, 1.82) is 0 Å². The number of rotatable bonds is 2. The first-order chi connectivity index (χ1) is 23.7. The number of fused-ring (bicyclic) bond motifs is 8. The number of hydrogen-bond donors (Lipinski definition) is 0. The van der Waals surface area contributed by atoms with Crippen molar-refractivity contribution in [3.8, 4) is 28.7 Å². The maximum absolute atomic E-state index is 7.12. The quantitative estimate of drug-likeness (QED) is 0.177. The first kappa shape index (κ1) is 26.5. The van der Waals surface area contributed by atoms with Crippen LogP contribution in [0.5, 0.6) is 11.5 Å². The van der Waals surface area contributed by atoms with Gasteiger partial charge in [0.2, 0.25) is 0 Å². The van der Waals surface area contributed by atoms with Gasteiger partial charge in [-0.2, -0.15) is 18.6 Å². The van der Waals surface area contributed by atoms with Gasteiger partial charge in [-0.05, 0) is 71.5 Å². The van der Waals surface area contributed by atoms with Crippen LogP contribution in [0.4, 0.5) is 17.2 Å². The predicted molar refractivity (Wildman–Crippen MR) is 193 cm³/mol. The molecule has 0 bridgehead atoms. The van der Waals surface area contributed by atoms with E-state index in [1.807, 2.05) is 0 Å². The number of benzene rings is 4. The fourth-order valence-corrected chi connectivity index (χ4v) is 10.2. The van der Waals surface area contributed by atoms with Gasteiger partial charge in [-0.3, -0.25) is 0 Å². The molecule has 236 valence electrons. The smallest absolute Gasteiger partial charge is 0.323 e. The molecule has 0 aliphatic carbocycles. The molecule has 12 rings (SSSR count). The number of aromatic nitrogens is 3. The zero-order chi connectivity index (χ0) is 32.9. The third kappa shape index (κ3) is 2.65. The second-order valence-electron chi connectivity index (χ2n) is 15.8. The van der Waals surface area contributed by atoms with E-state index in [2.05, 4.69) is 157 Å². The van der Waals surface area contributed by atoms with E-state index in [1.165, 1.54) is 89.6 Å². The first-order valence-corrected chi connectivity index (χ1v) is 17.8. The van der Waals surface area contributed by atoms with Gasteiger partial charge in [0.15, 0.2) is 22.6 Å². The molecule has 0 saturated carbocycles. The van der Waals surface area contributed by atoms with Crippen molar-refractivity contribution in [3.05, 3.63) is 130 Å².